The highest BCUT2D eigenvalue weighted by atomic mass is 19.4. The van der Waals surface area contributed by atoms with Gasteiger partial charge in [-0.15, -0.1) is 13.2 Å². The Kier molecular flexibility index (Phi) is 6.03. The molecule has 4 N–H and O–H groups in total. The van der Waals surface area contributed by atoms with Crippen molar-refractivity contribution in [3.63, 3.8) is 0 Å². The number of nitrogens with zero attached hydrogens (tertiary/aromatic N) is 2. The largest absolute Gasteiger partial charge is 0.573 e. The molecular formula is C19H17F3N4O3. The van der Waals surface area contributed by atoms with Crippen LogP contribution in [0.25, 0.3) is 11.3 Å². The molecule has 7 nitrogen and oxygen atoms in total. The topological polar surface area (TPSA) is 99.5 Å². The zero-order chi connectivity index (χ0) is 20.9. The van der Waals surface area contributed by atoms with Gasteiger partial charge in [-0.2, -0.15) is 4.98 Å². The highest BCUT2D eigenvalue weighted by Crippen LogP contribution is 2.29. The molecule has 0 bridgehead atoms. The summed E-state index contributed by atoms with van der Waals surface area (Å²) in [7, 11) is 0. The number of aliphatic hydroxyl groups excluding tert-OH is 1. The molecule has 0 amide bonds. The Labute approximate surface area is 163 Å². The molecule has 3 rings (SSSR count). The first-order chi connectivity index (χ1) is 13.8. The minimum Gasteiger partial charge on any atom is -0.508 e. The van der Waals surface area contributed by atoms with Crippen molar-refractivity contribution in [1.29, 1.82) is 0 Å². The fraction of sp³-hybridized carbons (Fsp3) is 0.158. The standard InChI is InChI=1S/C19H17F3N4O3/c20-19(21,22)29-15-6-1-3-12(9-15)16-11-17(26-18(25-16)23-7-8-27)24-13-4-2-5-14(28)10-13/h1-6,9-11,27-28H,7-8H2,(H2,23,24,25,26). The smallest absolute Gasteiger partial charge is 0.508 e. The minimum absolute atomic E-state index is 0.0555. The van der Waals surface area contributed by atoms with Crippen molar-refractivity contribution in [3.8, 4) is 22.8 Å². The van der Waals surface area contributed by atoms with Crippen LogP contribution in [0.3, 0.4) is 0 Å². The maximum atomic E-state index is 12.5. The molecule has 0 radical (unpaired) electrons. The van der Waals surface area contributed by atoms with Gasteiger partial charge in [0.05, 0.1) is 12.3 Å². The minimum atomic E-state index is -4.81. The van der Waals surface area contributed by atoms with Crippen molar-refractivity contribution in [2.24, 2.45) is 0 Å². The molecule has 29 heavy (non-hydrogen) atoms. The Balaban J connectivity index is 1.96. The first kappa shape index (κ1) is 20.2. The van der Waals surface area contributed by atoms with Crippen LogP contribution < -0.4 is 15.4 Å². The Morgan fingerprint density at radius 3 is 2.52 bits per heavy atom. The number of aromatic hydroxyl groups is 1. The molecule has 0 aliphatic carbocycles. The number of hydrogen-bond acceptors (Lipinski definition) is 7. The number of benzene rings is 2. The molecule has 10 heteroatoms. The van der Waals surface area contributed by atoms with Crippen LogP contribution in [0.5, 0.6) is 11.5 Å². The quantitative estimate of drug-likeness (QED) is 0.472. The van der Waals surface area contributed by atoms with E-state index in [4.69, 9.17) is 5.11 Å². The van der Waals surface area contributed by atoms with Gasteiger partial charge < -0.3 is 25.6 Å². The maximum absolute atomic E-state index is 12.5. The van der Waals surface area contributed by atoms with Crippen LogP contribution in [0, 0.1) is 0 Å². The fourth-order valence-corrected chi connectivity index (χ4v) is 2.49. The lowest BCUT2D eigenvalue weighted by atomic mass is 10.1. The SMILES string of the molecule is OCCNc1nc(Nc2cccc(O)c2)cc(-c2cccc(OC(F)(F)F)c2)n1. The summed E-state index contributed by atoms with van der Waals surface area (Å²) in [5.41, 5.74) is 1.26. The predicted molar refractivity (Wildman–Crippen MR) is 101 cm³/mol. The van der Waals surface area contributed by atoms with E-state index in [-0.39, 0.29) is 30.6 Å². The number of anilines is 3. The first-order valence-corrected chi connectivity index (χ1v) is 8.48. The molecule has 0 fully saturated rings. The molecule has 152 valence electrons. The average molecular weight is 406 g/mol. The number of aromatic nitrogens is 2. The van der Waals surface area contributed by atoms with E-state index in [2.05, 4.69) is 25.3 Å². The van der Waals surface area contributed by atoms with Crippen molar-refractivity contribution in [1.82, 2.24) is 9.97 Å². The Hall–Kier alpha value is -3.53. The summed E-state index contributed by atoms with van der Waals surface area (Å²) in [4.78, 5) is 8.54. The Bertz CT molecular complexity index is 983. The van der Waals surface area contributed by atoms with Gasteiger partial charge in [0.2, 0.25) is 5.95 Å². The number of halogens is 3. The number of phenols is 1. The second kappa shape index (κ2) is 8.65. The van der Waals surface area contributed by atoms with Crippen LogP contribution in [0.2, 0.25) is 0 Å². The van der Waals surface area contributed by atoms with Crippen molar-refractivity contribution in [2.45, 2.75) is 6.36 Å². The third kappa shape index (κ3) is 5.98. The second-order valence-electron chi connectivity index (χ2n) is 5.86. The zero-order valence-electron chi connectivity index (χ0n) is 14.9. The van der Waals surface area contributed by atoms with E-state index >= 15 is 0 Å². The molecule has 0 atom stereocenters. The van der Waals surface area contributed by atoms with Gasteiger partial charge in [-0.1, -0.05) is 18.2 Å². The van der Waals surface area contributed by atoms with E-state index in [1.54, 1.807) is 24.3 Å². The van der Waals surface area contributed by atoms with Crippen LogP contribution >= 0.6 is 0 Å². The molecule has 0 spiro atoms. The predicted octanol–water partition coefficient (Wildman–Crippen LogP) is 3.90. The van der Waals surface area contributed by atoms with E-state index in [9.17, 15) is 18.3 Å². The van der Waals surface area contributed by atoms with Gasteiger partial charge >= 0.3 is 6.36 Å². The van der Waals surface area contributed by atoms with Crippen LogP contribution in [0.4, 0.5) is 30.6 Å². The Morgan fingerprint density at radius 1 is 1.00 bits per heavy atom. The molecule has 0 aliphatic rings. The number of hydrogen-bond donors (Lipinski definition) is 4. The van der Waals surface area contributed by atoms with Crippen molar-refractivity contribution in [3.05, 3.63) is 54.6 Å². The van der Waals surface area contributed by atoms with E-state index < -0.39 is 6.36 Å². The van der Waals surface area contributed by atoms with Gasteiger partial charge in [0.25, 0.3) is 0 Å². The molecule has 3 aromatic rings. The maximum Gasteiger partial charge on any atom is 0.573 e. The fourth-order valence-electron chi connectivity index (χ4n) is 2.49. The third-order valence-corrected chi connectivity index (χ3v) is 3.60. The van der Waals surface area contributed by atoms with Gasteiger partial charge in [0.1, 0.15) is 17.3 Å². The van der Waals surface area contributed by atoms with Gasteiger partial charge in [0, 0.05) is 29.9 Å². The second-order valence-corrected chi connectivity index (χ2v) is 5.86. The number of ether oxygens (including phenoxy) is 1. The van der Waals surface area contributed by atoms with Crippen molar-refractivity contribution >= 4 is 17.5 Å². The zero-order valence-corrected chi connectivity index (χ0v) is 14.9. The normalized spacial score (nSPS) is 11.2. The third-order valence-electron chi connectivity index (χ3n) is 3.60. The van der Waals surface area contributed by atoms with Gasteiger partial charge in [-0.3, -0.25) is 0 Å². The van der Waals surface area contributed by atoms with Gasteiger partial charge in [0.15, 0.2) is 0 Å². The summed E-state index contributed by atoms with van der Waals surface area (Å²) in [6, 6.07) is 13.3. The molecular weight excluding hydrogens is 389 g/mol. The van der Waals surface area contributed by atoms with Crippen molar-refractivity contribution in [2.75, 3.05) is 23.8 Å². The molecule has 1 aromatic heterocycles. The average Bonchev–Trinajstić information content (AvgIpc) is 2.65. The summed E-state index contributed by atoms with van der Waals surface area (Å²) in [6.45, 7) is 0.0318. The van der Waals surface area contributed by atoms with E-state index in [1.807, 2.05) is 0 Å². The van der Waals surface area contributed by atoms with Crippen LogP contribution in [0.1, 0.15) is 0 Å². The van der Waals surface area contributed by atoms with Crippen LogP contribution in [-0.2, 0) is 0 Å². The van der Waals surface area contributed by atoms with Crippen LogP contribution in [-0.4, -0.2) is 39.7 Å². The number of aliphatic hydroxyl groups is 1. The number of alkyl halides is 3. The highest BCUT2D eigenvalue weighted by Gasteiger charge is 2.31. The molecule has 0 saturated carbocycles. The van der Waals surface area contributed by atoms with Crippen molar-refractivity contribution < 1.29 is 28.1 Å². The molecule has 0 aliphatic heterocycles. The van der Waals surface area contributed by atoms with Gasteiger partial charge in [-0.25, -0.2) is 4.98 Å². The van der Waals surface area contributed by atoms with E-state index in [0.717, 1.165) is 0 Å². The summed E-state index contributed by atoms with van der Waals surface area (Å²) in [6.07, 6.45) is -4.81. The molecule has 0 saturated heterocycles. The lowest BCUT2D eigenvalue weighted by molar-refractivity contribution is -0.274. The number of rotatable bonds is 7. The monoisotopic (exact) mass is 406 g/mol. The Morgan fingerprint density at radius 2 is 1.79 bits per heavy atom. The van der Waals surface area contributed by atoms with Gasteiger partial charge in [-0.05, 0) is 24.3 Å². The summed E-state index contributed by atoms with van der Waals surface area (Å²) < 4.78 is 41.5. The first-order valence-electron chi connectivity index (χ1n) is 8.48. The highest BCUT2D eigenvalue weighted by molar-refractivity contribution is 5.68. The van der Waals surface area contributed by atoms with E-state index in [1.165, 1.54) is 30.3 Å². The van der Waals surface area contributed by atoms with E-state index in [0.29, 0.717) is 22.8 Å². The molecule has 1 heterocycles. The number of phenolic OH excluding ortho intramolecular Hbond substituents is 1. The van der Waals surface area contributed by atoms with Crippen LogP contribution in [0.15, 0.2) is 54.6 Å². The lowest BCUT2D eigenvalue weighted by Gasteiger charge is -2.13. The molecule has 2 aromatic carbocycles. The number of nitrogens with one attached hydrogen (secondary N) is 2. The summed E-state index contributed by atoms with van der Waals surface area (Å²) >= 11 is 0. The summed E-state index contributed by atoms with van der Waals surface area (Å²) in [5.74, 6) is 0.186. The molecule has 0 unspecified atom stereocenters. The summed E-state index contributed by atoms with van der Waals surface area (Å²) in [5, 5.41) is 24.4. The lowest BCUT2D eigenvalue weighted by Crippen LogP contribution is -2.17.